The highest BCUT2D eigenvalue weighted by atomic mass is 16.4. The molecule has 1 aromatic rings. The number of carbonyl (C=O) groups is 2. The molecule has 4 heteroatoms. The number of rotatable bonds is 2. The zero-order chi connectivity index (χ0) is 10.8. The Kier molecular flexibility index (Phi) is 2.41. The van der Waals surface area contributed by atoms with Crippen LogP contribution < -0.4 is 0 Å². The second-order valence-electron chi connectivity index (χ2n) is 3.53. The zero-order valence-corrected chi connectivity index (χ0v) is 8.14. The van der Waals surface area contributed by atoms with Gasteiger partial charge in [-0.05, 0) is 30.7 Å². The maximum atomic E-state index is 11.7. The molecule has 1 aliphatic heterocycles. The topological polar surface area (TPSA) is 57.6 Å². The summed E-state index contributed by atoms with van der Waals surface area (Å²) < 4.78 is 0. The van der Waals surface area contributed by atoms with Crippen LogP contribution in [0.4, 0.5) is 0 Å². The van der Waals surface area contributed by atoms with Crippen LogP contribution in [0.3, 0.4) is 0 Å². The van der Waals surface area contributed by atoms with Crippen molar-refractivity contribution in [3.05, 3.63) is 35.4 Å². The first kappa shape index (κ1) is 9.71. The molecule has 0 aromatic heterocycles. The second-order valence-corrected chi connectivity index (χ2v) is 3.53. The zero-order valence-electron chi connectivity index (χ0n) is 8.14. The van der Waals surface area contributed by atoms with Gasteiger partial charge in [-0.3, -0.25) is 4.79 Å². The highest BCUT2D eigenvalue weighted by Crippen LogP contribution is 2.13. The highest BCUT2D eigenvalue weighted by molar-refractivity contribution is 5.96. The Bertz CT molecular complexity index is 393. The number of amides is 1. The molecule has 0 spiro atoms. The molecule has 15 heavy (non-hydrogen) atoms. The minimum absolute atomic E-state index is 0.0156. The Balaban J connectivity index is 2.15. The fraction of sp³-hybridized carbons (Fsp3) is 0.273. The van der Waals surface area contributed by atoms with Gasteiger partial charge in [-0.1, -0.05) is 0 Å². The third kappa shape index (κ3) is 1.83. The Labute approximate surface area is 87.1 Å². The lowest BCUT2D eigenvalue weighted by atomic mass is 10.1. The Morgan fingerprint density at radius 1 is 1.07 bits per heavy atom. The summed E-state index contributed by atoms with van der Waals surface area (Å²) in [5, 5.41) is 8.69. The first-order valence-corrected chi connectivity index (χ1v) is 4.81. The van der Waals surface area contributed by atoms with Crippen molar-refractivity contribution in [1.29, 1.82) is 0 Å². The largest absolute Gasteiger partial charge is 0.478 e. The predicted molar refractivity (Wildman–Crippen MR) is 53.9 cm³/mol. The second kappa shape index (κ2) is 3.73. The average molecular weight is 205 g/mol. The molecule has 78 valence electrons. The van der Waals surface area contributed by atoms with E-state index in [2.05, 4.69) is 0 Å². The molecule has 2 rings (SSSR count). The molecule has 0 atom stereocenters. The van der Waals surface area contributed by atoms with Gasteiger partial charge in [-0.15, -0.1) is 0 Å². The maximum absolute atomic E-state index is 11.7. The van der Waals surface area contributed by atoms with Gasteiger partial charge in [0, 0.05) is 18.7 Å². The Morgan fingerprint density at radius 2 is 1.60 bits per heavy atom. The molecule has 1 amide bonds. The summed E-state index contributed by atoms with van der Waals surface area (Å²) in [6.45, 7) is 1.61. The molecule has 1 N–H and O–H groups in total. The van der Waals surface area contributed by atoms with E-state index in [0.717, 1.165) is 19.5 Å². The number of hydrogen-bond donors (Lipinski definition) is 1. The van der Waals surface area contributed by atoms with Gasteiger partial charge in [0.15, 0.2) is 0 Å². The quantitative estimate of drug-likeness (QED) is 0.790. The Morgan fingerprint density at radius 3 is 2.00 bits per heavy atom. The van der Waals surface area contributed by atoms with Crippen LogP contribution in [0, 0.1) is 0 Å². The van der Waals surface area contributed by atoms with Gasteiger partial charge < -0.3 is 10.0 Å². The fourth-order valence-electron chi connectivity index (χ4n) is 1.46. The van der Waals surface area contributed by atoms with E-state index >= 15 is 0 Å². The minimum Gasteiger partial charge on any atom is -0.478 e. The van der Waals surface area contributed by atoms with Crippen molar-refractivity contribution in [2.45, 2.75) is 6.42 Å². The lowest BCUT2D eigenvalue weighted by Gasteiger charge is -2.30. The van der Waals surface area contributed by atoms with Gasteiger partial charge >= 0.3 is 5.97 Å². The van der Waals surface area contributed by atoms with Crippen molar-refractivity contribution in [3.8, 4) is 0 Å². The summed E-state index contributed by atoms with van der Waals surface area (Å²) in [5.74, 6) is -0.990. The summed E-state index contributed by atoms with van der Waals surface area (Å²) in [6.07, 6.45) is 1.05. The molecule has 4 nitrogen and oxygen atoms in total. The lowest BCUT2D eigenvalue weighted by molar-refractivity contribution is 0.0648. The van der Waals surface area contributed by atoms with E-state index in [1.807, 2.05) is 0 Å². The monoisotopic (exact) mass is 205 g/mol. The van der Waals surface area contributed by atoms with Crippen molar-refractivity contribution in [2.75, 3.05) is 13.1 Å². The molecule has 0 saturated carbocycles. The van der Waals surface area contributed by atoms with Gasteiger partial charge in [0.2, 0.25) is 0 Å². The molecular formula is C11H11NO3. The van der Waals surface area contributed by atoms with E-state index in [1.54, 1.807) is 17.0 Å². The Hall–Kier alpha value is -1.84. The van der Waals surface area contributed by atoms with Gasteiger partial charge in [0.05, 0.1) is 5.56 Å². The molecule has 1 saturated heterocycles. The van der Waals surface area contributed by atoms with E-state index < -0.39 is 5.97 Å². The molecule has 1 aliphatic rings. The number of likely N-dealkylation sites (tertiary alicyclic amines) is 1. The molecule has 1 heterocycles. The average Bonchev–Trinajstić information content (AvgIpc) is 2.15. The summed E-state index contributed by atoms with van der Waals surface area (Å²) in [7, 11) is 0. The third-order valence-corrected chi connectivity index (χ3v) is 2.52. The molecule has 1 aromatic carbocycles. The van der Waals surface area contributed by atoms with E-state index in [1.165, 1.54) is 12.1 Å². The van der Waals surface area contributed by atoms with E-state index in [0.29, 0.717) is 5.56 Å². The standard InChI is InChI=1S/C11H11NO3/c13-10(12-6-1-7-12)8-2-4-9(5-3-8)11(14)15/h2-5H,1,6-7H2,(H,14,15). The van der Waals surface area contributed by atoms with Crippen LogP contribution in [0.2, 0.25) is 0 Å². The van der Waals surface area contributed by atoms with Gasteiger partial charge in [0.1, 0.15) is 0 Å². The summed E-state index contributed by atoms with van der Waals surface area (Å²) in [6, 6.07) is 6.03. The maximum Gasteiger partial charge on any atom is 0.335 e. The SMILES string of the molecule is O=C(O)c1ccc(C(=O)N2CCC2)cc1. The number of benzene rings is 1. The summed E-state index contributed by atoms with van der Waals surface area (Å²) >= 11 is 0. The van der Waals surface area contributed by atoms with Crippen LogP contribution in [-0.2, 0) is 0 Å². The first-order chi connectivity index (χ1) is 7.18. The van der Waals surface area contributed by atoms with E-state index in [-0.39, 0.29) is 11.5 Å². The number of carbonyl (C=O) groups excluding carboxylic acids is 1. The molecule has 0 unspecified atom stereocenters. The van der Waals surface area contributed by atoms with Crippen molar-refractivity contribution in [3.63, 3.8) is 0 Å². The van der Waals surface area contributed by atoms with Crippen LogP contribution in [0.1, 0.15) is 27.1 Å². The summed E-state index contributed by atoms with van der Waals surface area (Å²) in [5.41, 5.74) is 0.759. The number of carboxylic acid groups (broad SMARTS) is 1. The molecule has 0 aliphatic carbocycles. The van der Waals surface area contributed by atoms with Crippen molar-refractivity contribution < 1.29 is 14.7 Å². The first-order valence-electron chi connectivity index (χ1n) is 4.81. The van der Waals surface area contributed by atoms with Crippen molar-refractivity contribution >= 4 is 11.9 Å². The number of aromatic carboxylic acids is 1. The van der Waals surface area contributed by atoms with Crippen molar-refractivity contribution in [2.24, 2.45) is 0 Å². The third-order valence-electron chi connectivity index (χ3n) is 2.52. The minimum atomic E-state index is -0.974. The smallest absolute Gasteiger partial charge is 0.335 e. The van der Waals surface area contributed by atoms with Crippen LogP contribution >= 0.6 is 0 Å². The van der Waals surface area contributed by atoms with Gasteiger partial charge in [-0.25, -0.2) is 4.79 Å². The van der Waals surface area contributed by atoms with Crippen LogP contribution in [0.5, 0.6) is 0 Å². The van der Waals surface area contributed by atoms with Crippen LogP contribution in [0.25, 0.3) is 0 Å². The number of nitrogens with zero attached hydrogens (tertiary/aromatic N) is 1. The molecule has 0 radical (unpaired) electrons. The molecule has 1 fully saturated rings. The fourth-order valence-corrected chi connectivity index (χ4v) is 1.46. The normalized spacial score (nSPS) is 14.5. The van der Waals surface area contributed by atoms with Crippen LogP contribution in [-0.4, -0.2) is 35.0 Å². The van der Waals surface area contributed by atoms with Gasteiger partial charge in [-0.2, -0.15) is 0 Å². The lowest BCUT2D eigenvalue weighted by Crippen LogP contribution is -2.41. The van der Waals surface area contributed by atoms with Gasteiger partial charge in [0.25, 0.3) is 5.91 Å². The molecular weight excluding hydrogens is 194 g/mol. The number of carboxylic acids is 1. The molecule has 0 bridgehead atoms. The predicted octanol–water partition coefficient (Wildman–Crippen LogP) is 1.23. The van der Waals surface area contributed by atoms with Crippen molar-refractivity contribution in [1.82, 2.24) is 4.90 Å². The van der Waals surface area contributed by atoms with E-state index in [9.17, 15) is 9.59 Å². The van der Waals surface area contributed by atoms with E-state index in [4.69, 9.17) is 5.11 Å². The summed E-state index contributed by atoms with van der Waals surface area (Å²) in [4.78, 5) is 24.0. The van der Waals surface area contributed by atoms with Crippen LogP contribution in [0.15, 0.2) is 24.3 Å². The highest BCUT2D eigenvalue weighted by Gasteiger charge is 2.21. The number of hydrogen-bond acceptors (Lipinski definition) is 2.